The Labute approximate surface area is 246 Å². The average molecular weight is 568 g/mol. The van der Waals surface area contributed by atoms with Gasteiger partial charge in [0.1, 0.15) is 31.3 Å². The fraction of sp³-hybridized carbons (Fsp3) is 0.257. The highest BCUT2D eigenvalue weighted by molar-refractivity contribution is 5.94. The van der Waals surface area contributed by atoms with Gasteiger partial charge in [-0.25, -0.2) is 0 Å². The van der Waals surface area contributed by atoms with E-state index in [0.29, 0.717) is 26.1 Å². The largest absolute Gasteiger partial charge is 0.490 e. The molecule has 42 heavy (non-hydrogen) atoms. The second kappa shape index (κ2) is 14.2. The van der Waals surface area contributed by atoms with Crippen molar-refractivity contribution in [3.05, 3.63) is 106 Å². The van der Waals surface area contributed by atoms with Crippen LogP contribution in [0, 0.1) is 20.8 Å². The van der Waals surface area contributed by atoms with Gasteiger partial charge in [-0.1, -0.05) is 60.2 Å². The minimum atomic E-state index is -0.933. The molecule has 0 amide bonds. The lowest BCUT2D eigenvalue weighted by atomic mass is 10.0. The van der Waals surface area contributed by atoms with E-state index in [1.807, 2.05) is 73.0 Å². The van der Waals surface area contributed by atoms with Crippen molar-refractivity contribution in [1.29, 1.82) is 0 Å². The Balaban J connectivity index is 1.37. The Morgan fingerprint density at radius 1 is 0.857 bits per heavy atom. The highest BCUT2D eigenvalue weighted by atomic mass is 16.5. The molecule has 7 nitrogen and oxygen atoms in total. The van der Waals surface area contributed by atoms with E-state index in [0.717, 1.165) is 50.2 Å². The van der Waals surface area contributed by atoms with E-state index in [4.69, 9.17) is 14.6 Å². The van der Waals surface area contributed by atoms with E-state index in [1.54, 1.807) is 4.57 Å². The molecular formula is C35H37NO6. The second-order valence-corrected chi connectivity index (χ2v) is 10.4. The predicted molar refractivity (Wildman–Crippen MR) is 166 cm³/mol. The molecule has 3 aromatic carbocycles. The van der Waals surface area contributed by atoms with Crippen LogP contribution in [0.5, 0.6) is 11.5 Å². The molecule has 2 N–H and O–H groups in total. The first-order valence-electron chi connectivity index (χ1n) is 14.0. The number of aliphatic carboxylic acids is 2. The van der Waals surface area contributed by atoms with E-state index in [1.165, 1.54) is 5.56 Å². The molecule has 0 radical (unpaired) electrons. The summed E-state index contributed by atoms with van der Waals surface area (Å²) in [6.07, 6.45) is 10.8. The van der Waals surface area contributed by atoms with E-state index < -0.39 is 11.9 Å². The molecule has 0 aliphatic carbocycles. The van der Waals surface area contributed by atoms with Gasteiger partial charge in [-0.3, -0.25) is 9.59 Å². The van der Waals surface area contributed by atoms with Gasteiger partial charge in [0.15, 0.2) is 0 Å². The van der Waals surface area contributed by atoms with Crippen LogP contribution in [0.4, 0.5) is 0 Å². The predicted octanol–water partition coefficient (Wildman–Crippen LogP) is 7.24. The summed E-state index contributed by atoms with van der Waals surface area (Å²) in [5.41, 5.74) is 7.14. The fourth-order valence-corrected chi connectivity index (χ4v) is 5.16. The zero-order chi connectivity index (χ0) is 30.1. The molecule has 4 aromatic rings. The van der Waals surface area contributed by atoms with Crippen molar-refractivity contribution >= 4 is 35.0 Å². The molecule has 0 unspecified atom stereocenters. The normalized spacial score (nSPS) is 11.5. The Kier molecular flexibility index (Phi) is 10.2. The second-order valence-electron chi connectivity index (χ2n) is 10.4. The lowest BCUT2D eigenvalue weighted by molar-refractivity contribution is -0.138. The van der Waals surface area contributed by atoms with Gasteiger partial charge in [0.05, 0.1) is 5.52 Å². The summed E-state index contributed by atoms with van der Waals surface area (Å²) < 4.78 is 13.5. The number of nitrogens with zero attached hydrogens (tertiary/aromatic N) is 1. The maximum atomic E-state index is 11.5. The highest BCUT2D eigenvalue weighted by Gasteiger charge is 2.13. The average Bonchev–Trinajstić information content (AvgIpc) is 3.28. The minimum absolute atomic E-state index is 0.0725. The lowest BCUT2D eigenvalue weighted by Crippen LogP contribution is -2.07. The van der Waals surface area contributed by atoms with Crippen LogP contribution >= 0.6 is 0 Å². The van der Waals surface area contributed by atoms with Crippen molar-refractivity contribution in [3.63, 3.8) is 0 Å². The minimum Gasteiger partial charge on any atom is -0.490 e. The number of ether oxygens (including phenoxy) is 2. The number of aryl methyl sites for hydroxylation is 4. The van der Waals surface area contributed by atoms with Gasteiger partial charge in [-0.05, 0) is 85.7 Å². The van der Waals surface area contributed by atoms with Gasteiger partial charge < -0.3 is 24.3 Å². The molecular weight excluding hydrogens is 530 g/mol. The number of rotatable bonds is 14. The summed E-state index contributed by atoms with van der Waals surface area (Å²) in [4.78, 5) is 22.5. The number of carboxylic acids is 2. The van der Waals surface area contributed by atoms with Gasteiger partial charge in [0.2, 0.25) is 0 Å². The monoisotopic (exact) mass is 567 g/mol. The number of benzene rings is 3. The number of hydrogen-bond donors (Lipinski definition) is 2. The molecule has 0 atom stereocenters. The lowest BCUT2D eigenvalue weighted by Gasteiger charge is -2.11. The molecule has 0 fully saturated rings. The number of carbonyl (C=O) groups is 2. The zero-order valence-electron chi connectivity index (χ0n) is 24.3. The van der Waals surface area contributed by atoms with Crippen molar-refractivity contribution in [2.75, 3.05) is 13.2 Å². The van der Waals surface area contributed by atoms with E-state index >= 15 is 0 Å². The third-order valence-corrected chi connectivity index (χ3v) is 6.93. The van der Waals surface area contributed by atoms with Crippen LogP contribution in [-0.4, -0.2) is 39.9 Å². The summed E-state index contributed by atoms with van der Waals surface area (Å²) in [7, 11) is 0. The first kappa shape index (κ1) is 30.2. The fourth-order valence-electron chi connectivity index (χ4n) is 5.16. The summed E-state index contributed by atoms with van der Waals surface area (Å²) >= 11 is 0. The molecule has 218 valence electrons. The Hall–Kier alpha value is -4.78. The third-order valence-electron chi connectivity index (χ3n) is 6.93. The number of aromatic nitrogens is 1. The number of hydrogen-bond acceptors (Lipinski definition) is 4. The smallest absolute Gasteiger partial charge is 0.323 e. The summed E-state index contributed by atoms with van der Waals surface area (Å²) in [6, 6.07) is 17.8. The summed E-state index contributed by atoms with van der Waals surface area (Å²) in [6.45, 7) is 6.94. The maximum Gasteiger partial charge on any atom is 0.323 e. The first-order chi connectivity index (χ1) is 20.2. The molecule has 0 saturated carbocycles. The van der Waals surface area contributed by atoms with E-state index in [2.05, 4.69) is 32.9 Å². The Bertz CT molecular complexity index is 1590. The molecule has 0 bridgehead atoms. The van der Waals surface area contributed by atoms with Crippen molar-refractivity contribution in [2.24, 2.45) is 0 Å². The first-order valence-corrected chi connectivity index (χ1v) is 14.0. The molecule has 1 aromatic heterocycles. The number of fused-ring (bicyclic) bond motifs is 1. The van der Waals surface area contributed by atoms with Gasteiger partial charge in [-0.2, -0.15) is 0 Å². The maximum absolute atomic E-state index is 11.5. The van der Waals surface area contributed by atoms with Crippen LogP contribution in [-0.2, 0) is 22.6 Å². The van der Waals surface area contributed by atoms with Crippen LogP contribution in [0.2, 0.25) is 0 Å². The van der Waals surface area contributed by atoms with Crippen LogP contribution < -0.4 is 9.47 Å². The zero-order valence-corrected chi connectivity index (χ0v) is 24.3. The van der Waals surface area contributed by atoms with Crippen molar-refractivity contribution in [3.8, 4) is 11.5 Å². The Morgan fingerprint density at radius 3 is 2.21 bits per heavy atom. The topological polar surface area (TPSA) is 98.0 Å². The molecule has 0 saturated heterocycles. The molecule has 0 aliphatic rings. The Morgan fingerprint density at radius 2 is 1.55 bits per heavy atom. The van der Waals surface area contributed by atoms with Crippen LogP contribution in [0.25, 0.3) is 23.1 Å². The summed E-state index contributed by atoms with van der Waals surface area (Å²) in [5.74, 6) is -0.0877. The molecule has 7 heteroatoms. The van der Waals surface area contributed by atoms with Crippen molar-refractivity contribution in [1.82, 2.24) is 4.57 Å². The van der Waals surface area contributed by atoms with Crippen LogP contribution in [0.1, 0.15) is 46.2 Å². The third kappa shape index (κ3) is 8.13. The molecule has 1 heterocycles. The van der Waals surface area contributed by atoms with Gasteiger partial charge in [0, 0.05) is 18.0 Å². The SMILES string of the molecule is Cc1cc(C)c(OCC=CCOc2ccc(C=Cc3cccc4c(CCCC(=O)O)cn(CC(=O)O)c34)cc2)c(C)c1. The number of carboxylic acid groups (broad SMARTS) is 2. The van der Waals surface area contributed by atoms with Gasteiger partial charge in [0.25, 0.3) is 0 Å². The molecule has 0 spiro atoms. The van der Waals surface area contributed by atoms with Gasteiger partial charge in [-0.15, -0.1) is 0 Å². The van der Waals surface area contributed by atoms with Crippen LogP contribution in [0.3, 0.4) is 0 Å². The quantitative estimate of drug-likeness (QED) is 0.123. The molecule has 0 aliphatic heterocycles. The summed E-state index contributed by atoms with van der Waals surface area (Å²) in [5, 5.41) is 19.4. The van der Waals surface area contributed by atoms with Gasteiger partial charge >= 0.3 is 11.9 Å². The van der Waals surface area contributed by atoms with E-state index in [9.17, 15) is 14.7 Å². The van der Waals surface area contributed by atoms with E-state index in [-0.39, 0.29) is 13.0 Å². The standard InChI is InChI=1S/C35H37NO6/c1-24-20-25(2)35(26(3)21-24)42-19-5-4-18-41-30-16-13-27(14-17-30)12-15-28-8-6-10-31-29(9-7-11-32(37)38)22-36(34(28)31)23-33(39)40/h4-6,8,10,12-17,20-22H,7,9,11,18-19,23H2,1-3H3,(H,37,38)(H,39,40). The highest BCUT2D eigenvalue weighted by Crippen LogP contribution is 2.28. The van der Waals surface area contributed by atoms with Crippen molar-refractivity contribution in [2.45, 2.75) is 46.6 Å². The van der Waals surface area contributed by atoms with Crippen molar-refractivity contribution < 1.29 is 29.3 Å². The number of para-hydroxylation sites is 1. The molecule has 4 rings (SSSR count). The van der Waals surface area contributed by atoms with Crippen LogP contribution in [0.15, 0.2) is 72.9 Å².